The van der Waals surface area contributed by atoms with Crippen molar-refractivity contribution in [2.45, 2.75) is 57.8 Å². The molecular weight excluding hydrogens is 336 g/mol. The second kappa shape index (κ2) is 8.81. The Labute approximate surface area is 151 Å². The molecule has 0 saturated carbocycles. The van der Waals surface area contributed by atoms with E-state index in [9.17, 15) is 13.2 Å². The van der Waals surface area contributed by atoms with Gasteiger partial charge in [-0.1, -0.05) is 31.9 Å². The zero-order valence-electron chi connectivity index (χ0n) is 15.5. The van der Waals surface area contributed by atoms with E-state index < -0.39 is 10.0 Å². The van der Waals surface area contributed by atoms with E-state index in [0.717, 1.165) is 43.2 Å². The van der Waals surface area contributed by atoms with Crippen LogP contribution in [0.3, 0.4) is 0 Å². The van der Waals surface area contributed by atoms with Crippen molar-refractivity contribution in [2.75, 3.05) is 19.6 Å². The minimum absolute atomic E-state index is 0.0167. The Morgan fingerprint density at radius 3 is 2.76 bits per heavy atom. The maximum absolute atomic E-state index is 13.0. The predicted molar refractivity (Wildman–Crippen MR) is 99.9 cm³/mol. The molecule has 1 heterocycles. The Kier molecular flexibility index (Phi) is 7.02. The van der Waals surface area contributed by atoms with Crippen LogP contribution in [0.5, 0.6) is 0 Å². The van der Waals surface area contributed by atoms with E-state index in [-0.39, 0.29) is 18.4 Å². The fraction of sp³-hybridized carbons (Fsp3) is 0.632. The number of sulfonamides is 1. The van der Waals surface area contributed by atoms with Gasteiger partial charge in [0.05, 0.1) is 10.8 Å². The van der Waals surface area contributed by atoms with Crippen LogP contribution < -0.4 is 5.32 Å². The lowest BCUT2D eigenvalue weighted by Gasteiger charge is -2.31. The fourth-order valence-corrected chi connectivity index (χ4v) is 5.06. The van der Waals surface area contributed by atoms with E-state index in [1.165, 1.54) is 4.31 Å². The molecule has 1 aromatic rings. The third kappa shape index (κ3) is 5.05. The zero-order valence-corrected chi connectivity index (χ0v) is 16.4. The van der Waals surface area contributed by atoms with Gasteiger partial charge in [-0.3, -0.25) is 4.79 Å². The second-order valence-electron chi connectivity index (χ2n) is 6.97. The molecule has 1 saturated heterocycles. The molecule has 1 atom stereocenters. The Morgan fingerprint density at radius 1 is 1.28 bits per heavy atom. The Morgan fingerprint density at radius 2 is 2.04 bits per heavy atom. The summed E-state index contributed by atoms with van der Waals surface area (Å²) in [7, 11) is -3.56. The first-order chi connectivity index (χ1) is 11.9. The highest BCUT2D eigenvalue weighted by atomic mass is 32.2. The van der Waals surface area contributed by atoms with Crippen LogP contribution in [0.2, 0.25) is 0 Å². The van der Waals surface area contributed by atoms with Crippen molar-refractivity contribution in [3.05, 3.63) is 29.3 Å². The highest BCUT2D eigenvalue weighted by Gasteiger charge is 2.33. The van der Waals surface area contributed by atoms with E-state index in [1.54, 1.807) is 6.07 Å². The van der Waals surface area contributed by atoms with Crippen LogP contribution in [0.15, 0.2) is 23.1 Å². The van der Waals surface area contributed by atoms with Crippen LogP contribution in [0, 0.1) is 19.8 Å². The lowest BCUT2D eigenvalue weighted by Crippen LogP contribution is -2.45. The SMILES string of the molecule is CCCCCNC(=O)[C@H]1CCCN(S(=O)(=O)c2cc(C)ccc2C)C1. The maximum Gasteiger partial charge on any atom is 0.243 e. The fourth-order valence-electron chi connectivity index (χ4n) is 3.23. The van der Waals surface area contributed by atoms with Crippen molar-refractivity contribution >= 4 is 15.9 Å². The summed E-state index contributed by atoms with van der Waals surface area (Å²) < 4.78 is 27.5. The van der Waals surface area contributed by atoms with Crippen molar-refractivity contribution in [2.24, 2.45) is 5.92 Å². The van der Waals surface area contributed by atoms with Crippen molar-refractivity contribution in [1.29, 1.82) is 0 Å². The predicted octanol–water partition coefficient (Wildman–Crippen LogP) is 3.01. The van der Waals surface area contributed by atoms with Crippen LogP contribution in [0.4, 0.5) is 0 Å². The largest absolute Gasteiger partial charge is 0.356 e. The summed E-state index contributed by atoms with van der Waals surface area (Å²) in [5, 5.41) is 2.96. The van der Waals surface area contributed by atoms with E-state index in [4.69, 9.17) is 0 Å². The smallest absolute Gasteiger partial charge is 0.243 e. The highest BCUT2D eigenvalue weighted by Crippen LogP contribution is 2.26. The molecule has 25 heavy (non-hydrogen) atoms. The zero-order chi connectivity index (χ0) is 18.4. The van der Waals surface area contributed by atoms with Gasteiger partial charge in [0.1, 0.15) is 0 Å². The monoisotopic (exact) mass is 366 g/mol. The molecule has 1 amide bonds. The van der Waals surface area contributed by atoms with Crippen molar-refractivity contribution in [1.82, 2.24) is 9.62 Å². The van der Waals surface area contributed by atoms with Crippen molar-refractivity contribution < 1.29 is 13.2 Å². The maximum atomic E-state index is 13.0. The molecule has 0 radical (unpaired) electrons. The molecule has 0 aliphatic carbocycles. The van der Waals surface area contributed by atoms with Crippen molar-refractivity contribution in [3.63, 3.8) is 0 Å². The number of benzene rings is 1. The minimum atomic E-state index is -3.56. The number of unbranched alkanes of at least 4 members (excludes halogenated alkanes) is 2. The van der Waals surface area contributed by atoms with Crippen molar-refractivity contribution in [3.8, 4) is 0 Å². The number of nitrogens with one attached hydrogen (secondary N) is 1. The van der Waals surface area contributed by atoms with Gasteiger partial charge in [-0.05, 0) is 50.3 Å². The molecule has 0 spiro atoms. The molecule has 2 rings (SSSR count). The quantitative estimate of drug-likeness (QED) is 0.754. The van der Waals surface area contributed by atoms with Crippen LogP contribution in [-0.4, -0.2) is 38.3 Å². The van der Waals surface area contributed by atoms with Gasteiger partial charge in [0.25, 0.3) is 0 Å². The van der Waals surface area contributed by atoms with Gasteiger partial charge in [-0.15, -0.1) is 0 Å². The van der Waals surface area contributed by atoms with Crippen LogP contribution >= 0.6 is 0 Å². The summed E-state index contributed by atoms with van der Waals surface area (Å²) in [5.74, 6) is -0.271. The summed E-state index contributed by atoms with van der Waals surface area (Å²) in [6.45, 7) is 7.26. The Balaban J connectivity index is 2.07. The molecule has 1 aliphatic heterocycles. The molecule has 1 aromatic carbocycles. The molecule has 1 aliphatic rings. The number of amides is 1. The molecule has 0 aromatic heterocycles. The number of hydrogen-bond acceptors (Lipinski definition) is 3. The summed E-state index contributed by atoms with van der Waals surface area (Å²) in [6.07, 6.45) is 4.65. The lowest BCUT2D eigenvalue weighted by molar-refractivity contribution is -0.126. The van der Waals surface area contributed by atoms with E-state index in [0.29, 0.717) is 18.0 Å². The molecule has 0 unspecified atom stereocenters. The van der Waals surface area contributed by atoms with Gasteiger partial charge in [-0.2, -0.15) is 4.31 Å². The minimum Gasteiger partial charge on any atom is -0.356 e. The number of carbonyl (C=O) groups is 1. The molecule has 5 nitrogen and oxygen atoms in total. The molecule has 140 valence electrons. The van der Waals surface area contributed by atoms with E-state index in [2.05, 4.69) is 12.2 Å². The summed E-state index contributed by atoms with van der Waals surface area (Å²) in [5.41, 5.74) is 1.67. The average Bonchev–Trinajstić information content (AvgIpc) is 2.60. The molecule has 1 N–H and O–H groups in total. The number of rotatable bonds is 7. The first kappa shape index (κ1) is 19.9. The van der Waals surface area contributed by atoms with Crippen LogP contribution in [0.1, 0.15) is 50.2 Å². The summed E-state index contributed by atoms with van der Waals surface area (Å²) >= 11 is 0. The van der Waals surface area contributed by atoms with Gasteiger partial charge in [0, 0.05) is 19.6 Å². The van der Waals surface area contributed by atoms with E-state index >= 15 is 0 Å². The number of nitrogens with zero attached hydrogens (tertiary/aromatic N) is 1. The number of carbonyl (C=O) groups excluding carboxylic acids is 1. The second-order valence-corrected chi connectivity index (χ2v) is 8.88. The van der Waals surface area contributed by atoms with Gasteiger partial charge in [0.15, 0.2) is 0 Å². The highest BCUT2D eigenvalue weighted by molar-refractivity contribution is 7.89. The third-order valence-corrected chi connectivity index (χ3v) is 6.80. The average molecular weight is 367 g/mol. The van der Waals surface area contributed by atoms with Gasteiger partial charge >= 0.3 is 0 Å². The molecule has 1 fully saturated rings. The summed E-state index contributed by atoms with van der Waals surface area (Å²) in [6, 6.07) is 5.47. The topological polar surface area (TPSA) is 66.5 Å². The molecular formula is C19H30N2O3S. The lowest BCUT2D eigenvalue weighted by atomic mass is 9.99. The van der Waals surface area contributed by atoms with Crippen LogP contribution in [-0.2, 0) is 14.8 Å². The molecule has 6 heteroatoms. The van der Waals surface area contributed by atoms with Crippen LogP contribution in [0.25, 0.3) is 0 Å². The summed E-state index contributed by atoms with van der Waals surface area (Å²) in [4.78, 5) is 12.7. The Bertz CT molecular complexity index is 701. The Hall–Kier alpha value is -1.40. The van der Waals surface area contributed by atoms with Gasteiger partial charge < -0.3 is 5.32 Å². The van der Waals surface area contributed by atoms with Gasteiger partial charge in [0.2, 0.25) is 15.9 Å². The first-order valence-electron chi connectivity index (χ1n) is 9.21. The van der Waals surface area contributed by atoms with Gasteiger partial charge in [-0.25, -0.2) is 8.42 Å². The number of aryl methyl sites for hydroxylation is 2. The van der Waals surface area contributed by atoms with E-state index in [1.807, 2.05) is 26.0 Å². The normalized spacial score (nSPS) is 18.9. The number of hydrogen-bond donors (Lipinski definition) is 1. The first-order valence-corrected chi connectivity index (χ1v) is 10.7. The molecule has 0 bridgehead atoms. The third-order valence-electron chi connectivity index (χ3n) is 4.80. The number of piperidine rings is 1. The standard InChI is InChI=1S/C19H30N2O3S/c1-4-5-6-11-20-19(22)17-8-7-12-21(14-17)25(23,24)18-13-15(2)9-10-16(18)3/h9-10,13,17H,4-8,11-12,14H2,1-3H3,(H,20,22)/t17-/m0/s1.